The van der Waals surface area contributed by atoms with E-state index in [1.54, 1.807) is 6.92 Å². The number of para-hydroxylation sites is 1. The van der Waals surface area contributed by atoms with Crippen molar-refractivity contribution < 1.29 is 9.53 Å². The number of hydrogen-bond acceptors (Lipinski definition) is 4. The molecule has 5 nitrogen and oxygen atoms in total. The van der Waals surface area contributed by atoms with Crippen molar-refractivity contribution in [2.45, 2.75) is 38.8 Å². The molecule has 0 bridgehead atoms. The molecule has 2 aromatic carbocycles. The SMILES string of the molecule is CC(=O)N1c2ccc(N3CCOCC3)cc2[C@@H](Nc2ccccc2)[C@H](C)[C@H]1C1CC1. The van der Waals surface area contributed by atoms with Gasteiger partial charge in [0.15, 0.2) is 0 Å². The molecule has 2 fully saturated rings. The van der Waals surface area contributed by atoms with Crippen molar-refractivity contribution in [3.63, 3.8) is 0 Å². The molecule has 2 aromatic rings. The van der Waals surface area contributed by atoms with Gasteiger partial charge in [0.1, 0.15) is 0 Å². The highest BCUT2D eigenvalue weighted by atomic mass is 16.5. The number of ether oxygens (including phenoxy) is 1. The smallest absolute Gasteiger partial charge is 0.224 e. The number of nitrogens with one attached hydrogen (secondary N) is 1. The Morgan fingerprint density at radius 1 is 1.07 bits per heavy atom. The molecule has 3 atom stereocenters. The number of anilines is 3. The fourth-order valence-corrected chi connectivity index (χ4v) is 5.29. The zero-order chi connectivity index (χ0) is 20.7. The molecule has 158 valence electrons. The van der Waals surface area contributed by atoms with Crippen molar-refractivity contribution in [3.05, 3.63) is 54.1 Å². The third-order valence-electron chi connectivity index (χ3n) is 6.88. The molecule has 2 aliphatic heterocycles. The summed E-state index contributed by atoms with van der Waals surface area (Å²) in [7, 11) is 0. The number of amides is 1. The molecular formula is C25H31N3O2. The third-order valence-corrected chi connectivity index (χ3v) is 6.88. The standard InChI is InChI=1S/C25H31N3O2/c1-17-24(26-20-6-4-3-5-7-20)22-16-21(27-12-14-30-15-13-27)10-11-23(22)28(18(2)29)25(17)19-8-9-19/h3-7,10-11,16-17,19,24-26H,8-9,12-15H2,1-2H3/t17-,24-,25-/m0/s1. The van der Waals surface area contributed by atoms with E-state index < -0.39 is 0 Å². The summed E-state index contributed by atoms with van der Waals surface area (Å²) in [6.45, 7) is 7.38. The van der Waals surface area contributed by atoms with Crippen LogP contribution in [-0.4, -0.2) is 38.3 Å². The highest BCUT2D eigenvalue weighted by Crippen LogP contribution is 2.50. The quantitative estimate of drug-likeness (QED) is 0.816. The number of carbonyl (C=O) groups is 1. The molecule has 30 heavy (non-hydrogen) atoms. The second-order valence-electron chi connectivity index (χ2n) is 8.91. The number of nitrogens with zero attached hydrogens (tertiary/aromatic N) is 2. The van der Waals surface area contributed by atoms with Crippen LogP contribution in [0.5, 0.6) is 0 Å². The molecular weight excluding hydrogens is 374 g/mol. The zero-order valence-corrected chi connectivity index (χ0v) is 17.9. The largest absolute Gasteiger partial charge is 0.378 e. The van der Waals surface area contributed by atoms with Gasteiger partial charge in [-0.2, -0.15) is 0 Å². The summed E-state index contributed by atoms with van der Waals surface area (Å²) in [5, 5.41) is 3.81. The minimum absolute atomic E-state index is 0.150. The Kier molecular flexibility index (Phi) is 5.15. The number of fused-ring (bicyclic) bond motifs is 1. The number of carbonyl (C=O) groups excluding carboxylic acids is 1. The van der Waals surface area contributed by atoms with Crippen LogP contribution in [0.25, 0.3) is 0 Å². The maximum atomic E-state index is 12.8. The Hall–Kier alpha value is -2.53. The van der Waals surface area contributed by atoms with E-state index in [2.05, 4.69) is 64.5 Å². The van der Waals surface area contributed by atoms with Crippen molar-refractivity contribution in [1.82, 2.24) is 0 Å². The highest BCUT2D eigenvalue weighted by molar-refractivity contribution is 5.94. The van der Waals surface area contributed by atoms with Crippen molar-refractivity contribution in [2.75, 3.05) is 41.4 Å². The fraction of sp³-hybridized carbons (Fsp3) is 0.480. The maximum Gasteiger partial charge on any atom is 0.224 e. The van der Waals surface area contributed by atoms with Gasteiger partial charge in [-0.15, -0.1) is 0 Å². The Bertz CT molecular complexity index is 906. The molecule has 3 aliphatic rings. The van der Waals surface area contributed by atoms with E-state index in [1.807, 2.05) is 6.07 Å². The molecule has 0 aromatic heterocycles. The molecule has 1 amide bonds. The van der Waals surface area contributed by atoms with E-state index in [1.165, 1.54) is 24.1 Å². The fourth-order valence-electron chi connectivity index (χ4n) is 5.29. The monoisotopic (exact) mass is 405 g/mol. The molecule has 2 heterocycles. The van der Waals surface area contributed by atoms with Crippen molar-refractivity contribution >= 4 is 23.0 Å². The van der Waals surface area contributed by atoms with Gasteiger partial charge in [-0.1, -0.05) is 25.1 Å². The minimum Gasteiger partial charge on any atom is -0.378 e. The van der Waals surface area contributed by atoms with Gasteiger partial charge in [0.25, 0.3) is 0 Å². The molecule has 5 rings (SSSR count). The maximum absolute atomic E-state index is 12.8. The summed E-state index contributed by atoms with van der Waals surface area (Å²) in [6.07, 6.45) is 2.44. The van der Waals surface area contributed by atoms with Gasteiger partial charge in [0.2, 0.25) is 5.91 Å². The van der Waals surface area contributed by atoms with Crippen LogP contribution in [0.2, 0.25) is 0 Å². The Balaban J connectivity index is 1.58. The van der Waals surface area contributed by atoms with Crippen molar-refractivity contribution in [1.29, 1.82) is 0 Å². The Morgan fingerprint density at radius 2 is 1.80 bits per heavy atom. The van der Waals surface area contributed by atoms with E-state index in [0.29, 0.717) is 11.8 Å². The van der Waals surface area contributed by atoms with E-state index in [9.17, 15) is 4.79 Å². The van der Waals surface area contributed by atoms with E-state index in [0.717, 1.165) is 37.7 Å². The average Bonchev–Trinajstić information content (AvgIpc) is 3.61. The van der Waals surface area contributed by atoms with Crippen LogP contribution in [-0.2, 0) is 9.53 Å². The van der Waals surface area contributed by atoms with Gasteiger partial charge in [0.05, 0.1) is 19.3 Å². The first-order chi connectivity index (χ1) is 14.6. The normalized spacial score (nSPS) is 26.3. The number of rotatable bonds is 4. The van der Waals surface area contributed by atoms with Gasteiger partial charge >= 0.3 is 0 Å². The van der Waals surface area contributed by atoms with Gasteiger partial charge in [-0.25, -0.2) is 0 Å². The van der Waals surface area contributed by atoms with Crippen molar-refractivity contribution in [3.8, 4) is 0 Å². The third kappa shape index (κ3) is 3.56. The van der Waals surface area contributed by atoms with Crippen LogP contribution < -0.4 is 15.1 Å². The summed E-state index contributed by atoms with van der Waals surface area (Å²) >= 11 is 0. The molecule has 0 spiro atoms. The zero-order valence-electron chi connectivity index (χ0n) is 17.9. The molecule has 1 N–H and O–H groups in total. The summed E-state index contributed by atoms with van der Waals surface area (Å²) in [4.78, 5) is 17.3. The lowest BCUT2D eigenvalue weighted by Gasteiger charge is -2.46. The van der Waals surface area contributed by atoms with Crippen molar-refractivity contribution in [2.24, 2.45) is 11.8 Å². The number of hydrogen-bond donors (Lipinski definition) is 1. The summed E-state index contributed by atoms with van der Waals surface area (Å²) in [5.74, 6) is 1.09. The lowest BCUT2D eigenvalue weighted by Crippen LogP contribution is -2.51. The Morgan fingerprint density at radius 3 is 2.47 bits per heavy atom. The van der Waals surface area contributed by atoms with Crippen LogP contribution in [0.4, 0.5) is 17.1 Å². The first-order valence-corrected chi connectivity index (χ1v) is 11.2. The number of morpholine rings is 1. The molecule has 0 unspecified atom stereocenters. The van der Waals surface area contributed by atoms with Gasteiger partial charge < -0.3 is 19.9 Å². The lowest BCUT2D eigenvalue weighted by atomic mass is 9.79. The lowest BCUT2D eigenvalue weighted by molar-refractivity contribution is -0.117. The second kappa shape index (κ2) is 7.95. The van der Waals surface area contributed by atoms with Crippen LogP contribution in [0.3, 0.4) is 0 Å². The minimum atomic E-state index is 0.150. The predicted octanol–water partition coefficient (Wildman–Crippen LogP) is 4.46. The van der Waals surface area contributed by atoms with Crippen LogP contribution in [0.15, 0.2) is 48.5 Å². The van der Waals surface area contributed by atoms with Gasteiger partial charge in [-0.3, -0.25) is 4.79 Å². The summed E-state index contributed by atoms with van der Waals surface area (Å²) < 4.78 is 5.54. The molecule has 0 radical (unpaired) electrons. The molecule has 1 saturated heterocycles. The molecule has 1 saturated carbocycles. The topological polar surface area (TPSA) is 44.8 Å². The predicted molar refractivity (Wildman–Crippen MR) is 121 cm³/mol. The van der Waals surface area contributed by atoms with E-state index in [4.69, 9.17) is 4.74 Å². The van der Waals surface area contributed by atoms with E-state index >= 15 is 0 Å². The van der Waals surface area contributed by atoms with E-state index in [-0.39, 0.29) is 18.0 Å². The van der Waals surface area contributed by atoms with Crippen LogP contribution in [0.1, 0.15) is 38.3 Å². The number of benzene rings is 2. The average molecular weight is 406 g/mol. The summed E-state index contributed by atoms with van der Waals surface area (Å²) in [6, 6.07) is 17.5. The summed E-state index contributed by atoms with van der Waals surface area (Å²) in [5.41, 5.74) is 4.64. The highest BCUT2D eigenvalue weighted by Gasteiger charge is 2.47. The van der Waals surface area contributed by atoms with Gasteiger partial charge in [-0.05, 0) is 49.1 Å². The molecule has 5 heteroatoms. The Labute approximate surface area is 179 Å². The van der Waals surface area contributed by atoms with Crippen LogP contribution >= 0.6 is 0 Å². The first-order valence-electron chi connectivity index (χ1n) is 11.2. The van der Waals surface area contributed by atoms with Gasteiger partial charge in [0, 0.05) is 54.6 Å². The van der Waals surface area contributed by atoms with Crippen LogP contribution in [0, 0.1) is 11.8 Å². The molecule has 1 aliphatic carbocycles. The first kappa shape index (κ1) is 19.4. The second-order valence-corrected chi connectivity index (χ2v) is 8.91.